The van der Waals surface area contributed by atoms with Crippen LogP contribution in [0.15, 0.2) is 0 Å². The molecule has 0 radical (unpaired) electrons. The molecule has 1 N–H and O–H groups in total. The van der Waals surface area contributed by atoms with Gasteiger partial charge in [0, 0.05) is 18.3 Å². The summed E-state index contributed by atoms with van der Waals surface area (Å²) in [6.07, 6.45) is 6.18. The van der Waals surface area contributed by atoms with Crippen molar-refractivity contribution in [2.75, 3.05) is 12.3 Å². The molecule has 2 rings (SSSR count). The maximum absolute atomic E-state index is 12.1. The van der Waals surface area contributed by atoms with Gasteiger partial charge >= 0.3 is 6.03 Å². The third-order valence-corrected chi connectivity index (χ3v) is 4.91. The average molecular weight is 242 g/mol. The number of carbonyl (C=O) groups is 1. The molecule has 0 aromatic carbocycles. The molecule has 1 saturated carbocycles. The molecule has 92 valence electrons. The summed E-state index contributed by atoms with van der Waals surface area (Å²) in [6.45, 7) is 5.15. The number of nitrogens with zero attached hydrogens (tertiary/aromatic N) is 1. The quantitative estimate of drug-likeness (QED) is 0.767. The maximum Gasteiger partial charge on any atom is 0.318 e. The Hall–Kier alpha value is -0.380. The minimum atomic E-state index is -0.0290. The highest BCUT2D eigenvalue weighted by atomic mass is 32.2. The fraction of sp³-hybridized carbons (Fsp3) is 0.917. The van der Waals surface area contributed by atoms with Crippen molar-refractivity contribution >= 4 is 17.8 Å². The predicted octanol–water partition coefficient (Wildman–Crippen LogP) is 2.81. The summed E-state index contributed by atoms with van der Waals surface area (Å²) < 4.78 is 0. The van der Waals surface area contributed by atoms with Gasteiger partial charge in [-0.15, -0.1) is 11.8 Å². The lowest BCUT2D eigenvalue weighted by Crippen LogP contribution is -2.50. The predicted molar refractivity (Wildman–Crippen MR) is 68.6 cm³/mol. The van der Waals surface area contributed by atoms with Gasteiger partial charge in [0.15, 0.2) is 0 Å². The second-order valence-electron chi connectivity index (χ2n) is 5.23. The molecule has 1 saturated heterocycles. The van der Waals surface area contributed by atoms with Gasteiger partial charge in [-0.2, -0.15) is 0 Å². The zero-order valence-electron chi connectivity index (χ0n) is 10.3. The van der Waals surface area contributed by atoms with E-state index in [9.17, 15) is 4.79 Å². The van der Waals surface area contributed by atoms with Gasteiger partial charge in [-0.1, -0.05) is 19.3 Å². The van der Waals surface area contributed by atoms with Crippen LogP contribution in [-0.2, 0) is 0 Å². The monoisotopic (exact) mass is 242 g/mol. The first-order valence-electron chi connectivity index (χ1n) is 6.32. The zero-order chi connectivity index (χ0) is 11.6. The van der Waals surface area contributed by atoms with Crippen molar-refractivity contribution in [3.05, 3.63) is 0 Å². The van der Waals surface area contributed by atoms with Crippen LogP contribution in [0.25, 0.3) is 0 Å². The van der Waals surface area contributed by atoms with Gasteiger partial charge in [0.2, 0.25) is 0 Å². The van der Waals surface area contributed by atoms with Crippen molar-refractivity contribution in [3.63, 3.8) is 0 Å². The third-order valence-electron chi connectivity index (χ3n) is 3.60. The molecule has 0 unspecified atom stereocenters. The Morgan fingerprint density at radius 2 is 2.00 bits per heavy atom. The van der Waals surface area contributed by atoms with Crippen molar-refractivity contribution in [2.45, 2.75) is 56.9 Å². The Kier molecular flexibility index (Phi) is 3.67. The molecule has 0 aromatic rings. The van der Waals surface area contributed by atoms with Gasteiger partial charge in [0.05, 0.1) is 4.87 Å². The number of rotatable bonds is 1. The fourth-order valence-corrected chi connectivity index (χ4v) is 3.68. The van der Waals surface area contributed by atoms with Crippen LogP contribution in [-0.4, -0.2) is 34.1 Å². The smallest absolute Gasteiger partial charge is 0.318 e. The Morgan fingerprint density at radius 1 is 1.31 bits per heavy atom. The van der Waals surface area contributed by atoms with E-state index in [2.05, 4.69) is 19.2 Å². The highest BCUT2D eigenvalue weighted by molar-refractivity contribution is 8.00. The van der Waals surface area contributed by atoms with E-state index in [1.165, 1.54) is 19.3 Å². The van der Waals surface area contributed by atoms with Gasteiger partial charge < -0.3 is 10.2 Å². The van der Waals surface area contributed by atoms with Crippen molar-refractivity contribution < 1.29 is 4.79 Å². The molecule has 1 aliphatic heterocycles. The van der Waals surface area contributed by atoms with E-state index in [0.29, 0.717) is 6.04 Å². The van der Waals surface area contributed by atoms with Crippen LogP contribution >= 0.6 is 11.8 Å². The van der Waals surface area contributed by atoms with Crippen LogP contribution in [0, 0.1) is 0 Å². The molecule has 0 atom stereocenters. The van der Waals surface area contributed by atoms with Gasteiger partial charge in [0.1, 0.15) is 0 Å². The molecule has 3 nitrogen and oxygen atoms in total. The SMILES string of the molecule is CC1(C)SCCN1C(=O)NC1CCCCC1. The first-order valence-corrected chi connectivity index (χ1v) is 7.30. The Balaban J connectivity index is 1.87. The van der Waals surface area contributed by atoms with Crippen molar-refractivity contribution in [3.8, 4) is 0 Å². The second kappa shape index (κ2) is 4.86. The number of hydrogen-bond donors (Lipinski definition) is 1. The molecule has 16 heavy (non-hydrogen) atoms. The first kappa shape index (κ1) is 12.1. The summed E-state index contributed by atoms with van der Waals surface area (Å²) in [4.78, 5) is 14.1. The Labute approximate surface area is 102 Å². The van der Waals surface area contributed by atoms with E-state index in [-0.39, 0.29) is 10.9 Å². The fourth-order valence-electron chi connectivity index (χ4n) is 2.58. The van der Waals surface area contributed by atoms with E-state index in [1.807, 2.05) is 16.7 Å². The average Bonchev–Trinajstić information content (AvgIpc) is 2.59. The van der Waals surface area contributed by atoms with Gasteiger partial charge in [-0.3, -0.25) is 0 Å². The van der Waals surface area contributed by atoms with Crippen LogP contribution in [0.5, 0.6) is 0 Å². The lowest BCUT2D eigenvalue weighted by molar-refractivity contribution is 0.176. The molecule has 2 fully saturated rings. The number of nitrogens with one attached hydrogen (secondary N) is 1. The molecule has 2 aliphatic rings. The third kappa shape index (κ3) is 2.65. The molecular weight excluding hydrogens is 220 g/mol. The van der Waals surface area contributed by atoms with Crippen LogP contribution < -0.4 is 5.32 Å². The van der Waals surface area contributed by atoms with Gasteiger partial charge in [-0.05, 0) is 26.7 Å². The van der Waals surface area contributed by atoms with Crippen molar-refractivity contribution in [1.29, 1.82) is 0 Å². The number of thioether (sulfide) groups is 1. The summed E-state index contributed by atoms with van der Waals surface area (Å²) in [5, 5.41) is 3.19. The van der Waals surface area contributed by atoms with E-state index < -0.39 is 0 Å². The molecule has 4 heteroatoms. The summed E-state index contributed by atoms with van der Waals surface area (Å²) in [5.74, 6) is 1.06. The number of hydrogen-bond acceptors (Lipinski definition) is 2. The van der Waals surface area contributed by atoms with Crippen molar-refractivity contribution in [2.24, 2.45) is 0 Å². The van der Waals surface area contributed by atoms with E-state index in [0.717, 1.165) is 25.1 Å². The minimum Gasteiger partial charge on any atom is -0.335 e. The molecular formula is C12H22N2OS. The molecule has 2 amide bonds. The Bertz CT molecular complexity index is 262. The van der Waals surface area contributed by atoms with Gasteiger partial charge in [-0.25, -0.2) is 4.79 Å². The van der Waals surface area contributed by atoms with Crippen LogP contribution in [0.1, 0.15) is 46.0 Å². The molecule has 0 aromatic heterocycles. The van der Waals surface area contributed by atoms with Crippen LogP contribution in [0.3, 0.4) is 0 Å². The normalized spacial score (nSPS) is 25.8. The molecule has 1 heterocycles. The molecule has 1 aliphatic carbocycles. The second-order valence-corrected chi connectivity index (χ2v) is 6.93. The first-order chi connectivity index (χ1) is 7.59. The van der Waals surface area contributed by atoms with Crippen molar-refractivity contribution in [1.82, 2.24) is 10.2 Å². The standard InChI is InChI=1S/C12H22N2OS/c1-12(2)14(8-9-16-12)11(15)13-10-6-4-3-5-7-10/h10H,3-9H2,1-2H3,(H,13,15). The zero-order valence-corrected chi connectivity index (χ0v) is 11.1. The lowest BCUT2D eigenvalue weighted by atomic mass is 9.96. The summed E-state index contributed by atoms with van der Waals surface area (Å²) in [6, 6.07) is 0.560. The summed E-state index contributed by atoms with van der Waals surface area (Å²) in [7, 11) is 0. The minimum absolute atomic E-state index is 0.0290. The topological polar surface area (TPSA) is 32.3 Å². The van der Waals surface area contributed by atoms with Crippen LogP contribution in [0.2, 0.25) is 0 Å². The Morgan fingerprint density at radius 3 is 2.56 bits per heavy atom. The molecule has 0 bridgehead atoms. The lowest BCUT2D eigenvalue weighted by Gasteiger charge is -2.33. The van der Waals surface area contributed by atoms with E-state index >= 15 is 0 Å². The summed E-state index contributed by atoms with van der Waals surface area (Å²) in [5.41, 5.74) is 0. The van der Waals surface area contributed by atoms with E-state index in [4.69, 9.17) is 0 Å². The highest BCUT2D eigenvalue weighted by Gasteiger charge is 2.36. The number of carbonyl (C=O) groups excluding carboxylic acids is 1. The van der Waals surface area contributed by atoms with Gasteiger partial charge in [0.25, 0.3) is 0 Å². The van der Waals surface area contributed by atoms with E-state index in [1.54, 1.807) is 0 Å². The largest absolute Gasteiger partial charge is 0.335 e. The maximum atomic E-state index is 12.1. The van der Waals surface area contributed by atoms with Crippen LogP contribution in [0.4, 0.5) is 4.79 Å². The number of amides is 2. The number of urea groups is 1. The summed E-state index contributed by atoms with van der Waals surface area (Å²) >= 11 is 1.86. The highest BCUT2D eigenvalue weighted by Crippen LogP contribution is 2.34. The molecule has 0 spiro atoms.